The average molecular weight is 287 g/mol. The van der Waals surface area contributed by atoms with Gasteiger partial charge in [0.25, 0.3) is 0 Å². The van der Waals surface area contributed by atoms with Gasteiger partial charge in [-0.2, -0.15) is 4.37 Å². The van der Waals surface area contributed by atoms with Gasteiger partial charge in [-0.05, 0) is 43.9 Å². The molecule has 0 saturated heterocycles. The molecule has 7 heteroatoms. The summed E-state index contributed by atoms with van der Waals surface area (Å²) in [4.78, 5) is 2.12. The molecule has 0 bridgehead atoms. The first-order valence-electron chi connectivity index (χ1n) is 5.95. The SMILES string of the molecule is CN(C)CCNC(=S)NCCNCc1ccsn1. The highest BCUT2D eigenvalue weighted by Gasteiger charge is 1.96. The van der Waals surface area contributed by atoms with Crippen LogP contribution < -0.4 is 16.0 Å². The van der Waals surface area contributed by atoms with Crippen LogP contribution in [0.15, 0.2) is 11.4 Å². The third-order valence-corrected chi connectivity index (χ3v) is 3.12. The van der Waals surface area contributed by atoms with Crippen molar-refractivity contribution in [3.8, 4) is 0 Å². The van der Waals surface area contributed by atoms with Crippen molar-refractivity contribution in [2.45, 2.75) is 6.54 Å². The summed E-state index contributed by atoms with van der Waals surface area (Å²) in [6, 6.07) is 2.03. The van der Waals surface area contributed by atoms with E-state index in [0.717, 1.165) is 38.4 Å². The molecule has 3 N–H and O–H groups in total. The van der Waals surface area contributed by atoms with Crippen molar-refractivity contribution in [2.24, 2.45) is 0 Å². The molecule has 1 aromatic rings. The zero-order valence-electron chi connectivity index (χ0n) is 10.9. The molecule has 0 fully saturated rings. The van der Waals surface area contributed by atoms with E-state index in [1.165, 1.54) is 11.5 Å². The van der Waals surface area contributed by atoms with Crippen LogP contribution in [-0.2, 0) is 6.54 Å². The van der Waals surface area contributed by atoms with Crippen LogP contribution in [0.5, 0.6) is 0 Å². The summed E-state index contributed by atoms with van der Waals surface area (Å²) in [5.74, 6) is 0. The smallest absolute Gasteiger partial charge is 0.166 e. The van der Waals surface area contributed by atoms with Crippen LogP contribution in [0.25, 0.3) is 0 Å². The molecule has 0 aliphatic heterocycles. The van der Waals surface area contributed by atoms with E-state index >= 15 is 0 Å². The normalized spacial score (nSPS) is 10.6. The number of aromatic nitrogens is 1. The molecular weight excluding hydrogens is 266 g/mol. The van der Waals surface area contributed by atoms with E-state index in [4.69, 9.17) is 12.2 Å². The number of thiocarbonyl (C=S) groups is 1. The molecule has 1 rings (SSSR count). The van der Waals surface area contributed by atoms with Crippen LogP contribution in [0.4, 0.5) is 0 Å². The van der Waals surface area contributed by atoms with Crippen molar-refractivity contribution >= 4 is 28.9 Å². The monoisotopic (exact) mass is 287 g/mol. The topological polar surface area (TPSA) is 52.2 Å². The molecule has 0 aliphatic rings. The van der Waals surface area contributed by atoms with E-state index in [2.05, 4.69) is 25.2 Å². The van der Waals surface area contributed by atoms with Crippen molar-refractivity contribution in [2.75, 3.05) is 40.3 Å². The van der Waals surface area contributed by atoms with E-state index < -0.39 is 0 Å². The predicted molar refractivity (Wildman–Crippen MR) is 81.0 cm³/mol. The van der Waals surface area contributed by atoms with Gasteiger partial charge in [-0.3, -0.25) is 0 Å². The molecule has 0 amide bonds. The second-order valence-corrected chi connectivity index (χ2v) is 5.23. The molecule has 0 unspecified atom stereocenters. The Labute approximate surface area is 118 Å². The van der Waals surface area contributed by atoms with E-state index in [0.29, 0.717) is 5.11 Å². The molecular formula is C11H21N5S2. The molecule has 1 heterocycles. The van der Waals surface area contributed by atoms with Gasteiger partial charge >= 0.3 is 0 Å². The summed E-state index contributed by atoms with van der Waals surface area (Å²) in [5, 5.41) is 12.3. The van der Waals surface area contributed by atoms with Crippen LogP contribution in [0.3, 0.4) is 0 Å². The van der Waals surface area contributed by atoms with Gasteiger partial charge in [0.2, 0.25) is 0 Å². The maximum Gasteiger partial charge on any atom is 0.166 e. The molecule has 0 radical (unpaired) electrons. The van der Waals surface area contributed by atoms with Crippen molar-refractivity contribution in [1.29, 1.82) is 0 Å². The van der Waals surface area contributed by atoms with Gasteiger partial charge in [0.15, 0.2) is 5.11 Å². The lowest BCUT2D eigenvalue weighted by Gasteiger charge is -2.13. The number of likely N-dealkylation sites (N-methyl/N-ethyl adjacent to an activating group) is 1. The van der Waals surface area contributed by atoms with Gasteiger partial charge < -0.3 is 20.9 Å². The highest BCUT2D eigenvalue weighted by atomic mass is 32.1. The molecule has 5 nitrogen and oxygen atoms in total. The number of hydrogen-bond donors (Lipinski definition) is 3. The quantitative estimate of drug-likeness (QED) is 0.471. The Morgan fingerprint density at radius 3 is 2.78 bits per heavy atom. The van der Waals surface area contributed by atoms with Crippen molar-refractivity contribution in [3.63, 3.8) is 0 Å². The van der Waals surface area contributed by atoms with E-state index in [9.17, 15) is 0 Å². The van der Waals surface area contributed by atoms with Crippen LogP contribution in [0, 0.1) is 0 Å². The first-order chi connectivity index (χ1) is 8.68. The van der Waals surface area contributed by atoms with Gasteiger partial charge in [-0.1, -0.05) is 0 Å². The summed E-state index contributed by atoms with van der Waals surface area (Å²) >= 11 is 6.64. The Hall–Kier alpha value is -0.760. The number of nitrogens with zero attached hydrogens (tertiary/aromatic N) is 2. The molecule has 1 aromatic heterocycles. The van der Waals surface area contributed by atoms with Gasteiger partial charge in [0.05, 0.1) is 5.69 Å². The molecule has 0 atom stereocenters. The second-order valence-electron chi connectivity index (χ2n) is 4.15. The lowest BCUT2D eigenvalue weighted by molar-refractivity contribution is 0.412. The van der Waals surface area contributed by atoms with Crippen LogP contribution in [0.1, 0.15) is 5.69 Å². The van der Waals surface area contributed by atoms with E-state index in [1.807, 2.05) is 25.5 Å². The Bertz CT molecular complexity index is 326. The maximum atomic E-state index is 5.16. The highest BCUT2D eigenvalue weighted by Crippen LogP contribution is 1.97. The lowest BCUT2D eigenvalue weighted by atomic mass is 10.4. The minimum atomic E-state index is 0.715. The number of hydrogen-bond acceptors (Lipinski definition) is 5. The summed E-state index contributed by atoms with van der Waals surface area (Å²) in [6.07, 6.45) is 0. The second kappa shape index (κ2) is 9.21. The zero-order valence-corrected chi connectivity index (χ0v) is 12.5. The van der Waals surface area contributed by atoms with Gasteiger partial charge in [0.1, 0.15) is 0 Å². The van der Waals surface area contributed by atoms with Crippen LogP contribution in [-0.4, -0.2) is 54.7 Å². The fourth-order valence-corrected chi connectivity index (χ4v) is 2.01. The van der Waals surface area contributed by atoms with Gasteiger partial charge in [-0.15, -0.1) is 0 Å². The zero-order chi connectivity index (χ0) is 13.2. The van der Waals surface area contributed by atoms with E-state index in [-0.39, 0.29) is 0 Å². The Kier molecular flexibility index (Phi) is 7.83. The molecule has 18 heavy (non-hydrogen) atoms. The molecule has 0 spiro atoms. The van der Waals surface area contributed by atoms with E-state index in [1.54, 1.807) is 0 Å². The minimum absolute atomic E-state index is 0.715. The molecule has 0 saturated carbocycles. The largest absolute Gasteiger partial charge is 0.361 e. The Morgan fingerprint density at radius 2 is 2.11 bits per heavy atom. The summed E-state index contributed by atoms with van der Waals surface area (Å²) in [5.41, 5.74) is 1.09. The standard InChI is InChI=1S/C11H21N5S2/c1-16(2)7-6-14-11(17)13-5-4-12-9-10-3-8-18-15-10/h3,8,12H,4-7,9H2,1-2H3,(H2,13,14,17). The van der Waals surface area contributed by atoms with Gasteiger partial charge in [0, 0.05) is 38.1 Å². The third kappa shape index (κ3) is 7.54. The summed E-state index contributed by atoms with van der Waals surface area (Å²) in [7, 11) is 4.08. The molecule has 102 valence electrons. The van der Waals surface area contributed by atoms with Crippen LogP contribution >= 0.6 is 23.8 Å². The lowest BCUT2D eigenvalue weighted by Crippen LogP contribution is -2.41. The maximum absolute atomic E-state index is 5.16. The first kappa shape index (κ1) is 15.3. The minimum Gasteiger partial charge on any atom is -0.361 e. The predicted octanol–water partition coefficient (Wildman–Crippen LogP) is 0.258. The Balaban J connectivity index is 1.92. The Morgan fingerprint density at radius 1 is 1.33 bits per heavy atom. The van der Waals surface area contributed by atoms with Gasteiger partial charge in [-0.25, -0.2) is 0 Å². The number of nitrogens with one attached hydrogen (secondary N) is 3. The summed E-state index contributed by atoms with van der Waals surface area (Å²) < 4.78 is 4.22. The average Bonchev–Trinajstić information content (AvgIpc) is 2.81. The van der Waals surface area contributed by atoms with Crippen molar-refractivity contribution in [1.82, 2.24) is 25.2 Å². The summed E-state index contributed by atoms with van der Waals surface area (Å²) in [6.45, 7) is 4.34. The molecule has 0 aliphatic carbocycles. The fraction of sp³-hybridized carbons (Fsp3) is 0.636. The number of rotatable bonds is 8. The highest BCUT2D eigenvalue weighted by molar-refractivity contribution is 7.80. The third-order valence-electron chi connectivity index (χ3n) is 2.23. The van der Waals surface area contributed by atoms with Crippen molar-refractivity contribution < 1.29 is 0 Å². The van der Waals surface area contributed by atoms with Crippen molar-refractivity contribution in [3.05, 3.63) is 17.1 Å². The molecule has 0 aromatic carbocycles. The fourth-order valence-electron chi connectivity index (χ4n) is 1.27. The first-order valence-corrected chi connectivity index (χ1v) is 7.19. The van der Waals surface area contributed by atoms with Crippen LogP contribution in [0.2, 0.25) is 0 Å².